The molecule has 0 aliphatic carbocycles. The van der Waals surface area contributed by atoms with E-state index >= 15 is 0 Å². The van der Waals surface area contributed by atoms with E-state index in [-0.39, 0.29) is 0 Å². The summed E-state index contributed by atoms with van der Waals surface area (Å²) in [6, 6.07) is -0.579. The minimum Gasteiger partial charge on any atom is -0.481 e. The first kappa shape index (κ1) is 18.0. The van der Waals surface area contributed by atoms with Gasteiger partial charge in [-0.1, -0.05) is 0 Å². The van der Waals surface area contributed by atoms with Gasteiger partial charge in [-0.25, -0.2) is 0 Å². The lowest BCUT2D eigenvalue weighted by Crippen LogP contribution is -2.44. The first-order valence-electron chi connectivity index (χ1n) is 5.74. The van der Waals surface area contributed by atoms with Gasteiger partial charge in [-0.05, 0) is 13.0 Å². The zero-order chi connectivity index (χ0) is 14.9. The predicted molar refractivity (Wildman–Crippen MR) is 67.9 cm³/mol. The third-order valence-corrected chi connectivity index (χ3v) is 5.49. The first-order valence-corrected chi connectivity index (χ1v) is 7.67. The van der Waals surface area contributed by atoms with E-state index in [0.717, 1.165) is 0 Å². The molecular weight excluding hydrogens is 274 g/mol. The van der Waals surface area contributed by atoms with Crippen molar-refractivity contribution in [1.29, 1.82) is 0 Å². The number of hydrogen-bond acceptors (Lipinski definition) is 6. The molecule has 1 atom stereocenters. The van der Waals surface area contributed by atoms with Crippen LogP contribution in [0.25, 0.3) is 0 Å². The largest absolute Gasteiger partial charge is 0.500 e. The molecule has 0 spiro atoms. The van der Waals surface area contributed by atoms with Gasteiger partial charge in [0.05, 0.1) is 6.42 Å². The Balaban J connectivity index is 4.12. The Bertz CT molecular complexity index is 287. The smallest absolute Gasteiger partial charge is 0.481 e. The molecule has 0 aliphatic rings. The lowest BCUT2D eigenvalue weighted by atomic mass is 10.2. The van der Waals surface area contributed by atoms with Crippen LogP contribution in [-0.2, 0) is 22.9 Å². The third kappa shape index (κ3) is 6.64. The zero-order valence-electron chi connectivity index (χ0n) is 11.3. The molecule has 0 fully saturated rings. The summed E-state index contributed by atoms with van der Waals surface area (Å²) in [6.07, 6.45) is 0.0991. The summed E-state index contributed by atoms with van der Waals surface area (Å²) in [6.45, 7) is 0.342. The summed E-state index contributed by atoms with van der Waals surface area (Å²) in [4.78, 5) is 21.3. The molecule has 0 aliphatic heterocycles. The molecule has 0 unspecified atom stereocenters. The van der Waals surface area contributed by atoms with E-state index in [2.05, 4.69) is 5.32 Å². The van der Waals surface area contributed by atoms with Gasteiger partial charge in [0.1, 0.15) is 6.04 Å². The molecule has 0 saturated carbocycles. The van der Waals surface area contributed by atoms with Crippen LogP contribution < -0.4 is 5.32 Å². The molecule has 0 rings (SSSR count). The van der Waals surface area contributed by atoms with E-state index in [9.17, 15) is 9.59 Å². The number of carbonyl (C=O) groups is 2. The Hall–Kier alpha value is -1.00. The second kappa shape index (κ2) is 8.99. The molecule has 0 amide bonds. The van der Waals surface area contributed by atoms with E-state index in [1.54, 1.807) is 0 Å². The quantitative estimate of drug-likeness (QED) is 0.354. The van der Waals surface area contributed by atoms with E-state index < -0.39 is 33.2 Å². The summed E-state index contributed by atoms with van der Waals surface area (Å²) in [5.41, 5.74) is 0. The van der Waals surface area contributed by atoms with Crippen molar-refractivity contribution in [3.63, 3.8) is 0 Å². The van der Waals surface area contributed by atoms with Crippen molar-refractivity contribution in [2.24, 2.45) is 0 Å². The van der Waals surface area contributed by atoms with Crippen LogP contribution in [-0.4, -0.2) is 64.9 Å². The van der Waals surface area contributed by atoms with Gasteiger partial charge in [0.25, 0.3) is 0 Å². The van der Waals surface area contributed by atoms with E-state index in [4.69, 9.17) is 23.5 Å². The molecule has 0 aromatic carbocycles. The number of aliphatic carboxylic acids is 2. The number of rotatable bonds is 11. The van der Waals surface area contributed by atoms with Crippen LogP contribution in [0.2, 0.25) is 6.04 Å². The van der Waals surface area contributed by atoms with Gasteiger partial charge in [0.15, 0.2) is 0 Å². The normalized spacial score (nSPS) is 13.2. The summed E-state index contributed by atoms with van der Waals surface area (Å²) in [7, 11) is 1.84. The summed E-state index contributed by atoms with van der Waals surface area (Å²) in [5.74, 6) is -2.34. The number of carboxylic acid groups (broad SMARTS) is 2. The van der Waals surface area contributed by atoms with Gasteiger partial charge >= 0.3 is 20.7 Å². The fourth-order valence-electron chi connectivity index (χ4n) is 1.56. The Morgan fingerprint density at radius 2 is 1.68 bits per heavy atom. The Morgan fingerprint density at radius 1 is 1.16 bits per heavy atom. The summed E-state index contributed by atoms with van der Waals surface area (Å²) < 4.78 is 15.6. The van der Waals surface area contributed by atoms with Crippen LogP contribution in [0.1, 0.15) is 12.8 Å². The second-order valence-electron chi connectivity index (χ2n) is 3.84. The summed E-state index contributed by atoms with van der Waals surface area (Å²) >= 11 is 0. The topological polar surface area (TPSA) is 114 Å². The minimum atomic E-state index is -2.65. The van der Waals surface area contributed by atoms with Crippen molar-refractivity contribution in [2.45, 2.75) is 24.9 Å². The highest BCUT2D eigenvalue weighted by Gasteiger charge is 2.36. The predicted octanol–water partition coefficient (Wildman–Crippen LogP) is -0.228. The molecule has 0 aromatic heterocycles. The van der Waals surface area contributed by atoms with Crippen LogP contribution in [0.3, 0.4) is 0 Å². The Kier molecular flexibility index (Phi) is 8.51. The van der Waals surface area contributed by atoms with Crippen LogP contribution in [0.4, 0.5) is 0 Å². The fourth-order valence-corrected chi connectivity index (χ4v) is 3.28. The SMILES string of the molecule is CO[Si](CCCN[C@@H](CC(=O)O)C(=O)O)(OC)OC. The molecule has 3 N–H and O–H groups in total. The van der Waals surface area contributed by atoms with Gasteiger partial charge in [-0.3, -0.25) is 9.59 Å². The average molecular weight is 295 g/mol. The molecule has 112 valence electrons. The number of carboxylic acids is 2. The Labute approximate surface area is 113 Å². The third-order valence-electron chi connectivity index (χ3n) is 2.66. The molecule has 0 heterocycles. The molecule has 0 aromatic rings. The zero-order valence-corrected chi connectivity index (χ0v) is 12.3. The average Bonchev–Trinajstić information content (AvgIpc) is 2.37. The van der Waals surface area contributed by atoms with Crippen molar-refractivity contribution in [3.8, 4) is 0 Å². The van der Waals surface area contributed by atoms with Crippen molar-refractivity contribution in [3.05, 3.63) is 0 Å². The lowest BCUT2D eigenvalue weighted by Gasteiger charge is -2.24. The van der Waals surface area contributed by atoms with Gasteiger partial charge in [-0.2, -0.15) is 0 Å². The van der Waals surface area contributed by atoms with Crippen LogP contribution in [0, 0.1) is 0 Å². The molecule has 8 nitrogen and oxygen atoms in total. The minimum absolute atomic E-state index is 0.342. The molecule has 0 radical (unpaired) electrons. The molecular formula is C10H21NO7Si. The van der Waals surface area contributed by atoms with E-state index in [1.165, 1.54) is 21.3 Å². The lowest BCUT2D eigenvalue weighted by molar-refractivity contribution is -0.145. The van der Waals surface area contributed by atoms with Crippen molar-refractivity contribution in [1.82, 2.24) is 5.32 Å². The van der Waals surface area contributed by atoms with Gasteiger partial charge in [0.2, 0.25) is 0 Å². The molecule has 19 heavy (non-hydrogen) atoms. The second-order valence-corrected chi connectivity index (χ2v) is 6.93. The van der Waals surface area contributed by atoms with Gasteiger partial charge in [-0.15, -0.1) is 0 Å². The molecule has 9 heteroatoms. The monoisotopic (exact) mass is 295 g/mol. The van der Waals surface area contributed by atoms with Gasteiger partial charge < -0.3 is 28.8 Å². The first-order chi connectivity index (χ1) is 8.90. The maximum atomic E-state index is 10.8. The van der Waals surface area contributed by atoms with Crippen LogP contribution >= 0.6 is 0 Å². The van der Waals surface area contributed by atoms with Crippen molar-refractivity contribution >= 4 is 20.7 Å². The highest BCUT2D eigenvalue weighted by molar-refractivity contribution is 6.60. The molecule has 0 bridgehead atoms. The fraction of sp³-hybridized carbons (Fsp3) is 0.800. The maximum absolute atomic E-state index is 10.8. The van der Waals surface area contributed by atoms with Crippen molar-refractivity contribution < 1.29 is 33.1 Å². The summed E-state index contributed by atoms with van der Waals surface area (Å²) in [5, 5.41) is 20.1. The van der Waals surface area contributed by atoms with Crippen molar-refractivity contribution in [2.75, 3.05) is 27.9 Å². The Morgan fingerprint density at radius 3 is 2.05 bits per heavy atom. The number of nitrogens with one attached hydrogen (secondary N) is 1. The van der Waals surface area contributed by atoms with E-state index in [0.29, 0.717) is 19.0 Å². The maximum Gasteiger partial charge on any atom is 0.500 e. The highest BCUT2D eigenvalue weighted by atomic mass is 28.4. The van der Waals surface area contributed by atoms with Crippen LogP contribution in [0.5, 0.6) is 0 Å². The van der Waals surface area contributed by atoms with E-state index in [1.807, 2.05) is 0 Å². The highest BCUT2D eigenvalue weighted by Crippen LogP contribution is 2.14. The molecule has 0 saturated heterocycles. The van der Waals surface area contributed by atoms with Gasteiger partial charge in [0, 0.05) is 27.4 Å². The van der Waals surface area contributed by atoms with Crippen LogP contribution in [0.15, 0.2) is 0 Å². The standard InChI is InChI=1S/C10H21NO7Si/c1-16-19(17-2,18-3)6-4-5-11-8(10(14)15)7-9(12)13/h8,11H,4-7H2,1-3H3,(H,12,13)(H,14,15)/t8-/m0/s1. The number of hydrogen-bond donors (Lipinski definition) is 3.